The van der Waals surface area contributed by atoms with E-state index in [1.54, 1.807) is 17.4 Å². The first kappa shape index (κ1) is 13.6. The molecular weight excluding hydrogens is 278 g/mol. The number of carbonyl (C=O) groups excluding carboxylic acids is 1. The van der Waals surface area contributed by atoms with Crippen LogP contribution in [0.15, 0.2) is 23.6 Å². The number of thiophene rings is 1. The maximum Gasteiger partial charge on any atom is 0.246 e. The third kappa shape index (κ3) is 2.46. The molecule has 1 amide bonds. The molecule has 0 aliphatic heterocycles. The zero-order chi connectivity index (χ0) is 14.4. The van der Waals surface area contributed by atoms with Crippen LogP contribution in [-0.2, 0) is 4.79 Å². The fourth-order valence-electron chi connectivity index (χ4n) is 5.33. The SMILES string of the molecule is CN(C(=O)/C=C/c1cccs1)C1C2CC3CC(C2)CC1C3. The summed E-state index contributed by atoms with van der Waals surface area (Å²) < 4.78 is 0. The third-order valence-electron chi connectivity index (χ3n) is 5.91. The molecule has 4 aliphatic carbocycles. The molecule has 0 unspecified atom stereocenters. The van der Waals surface area contributed by atoms with E-state index in [0.717, 1.165) is 28.5 Å². The third-order valence-corrected chi connectivity index (χ3v) is 6.74. The Kier molecular flexibility index (Phi) is 3.41. The molecule has 1 heterocycles. The Morgan fingerprint density at radius 2 is 1.86 bits per heavy atom. The van der Waals surface area contributed by atoms with E-state index in [2.05, 4.69) is 11.0 Å². The molecular formula is C18H23NOS. The Morgan fingerprint density at radius 1 is 1.19 bits per heavy atom. The Balaban J connectivity index is 1.47. The van der Waals surface area contributed by atoms with Gasteiger partial charge in [0.2, 0.25) is 5.91 Å². The summed E-state index contributed by atoms with van der Waals surface area (Å²) >= 11 is 1.68. The van der Waals surface area contributed by atoms with Crippen LogP contribution >= 0.6 is 11.3 Å². The minimum Gasteiger partial charge on any atom is -0.339 e. The Morgan fingerprint density at radius 3 is 2.43 bits per heavy atom. The van der Waals surface area contributed by atoms with Crippen LogP contribution in [0.1, 0.15) is 37.0 Å². The van der Waals surface area contributed by atoms with E-state index in [4.69, 9.17) is 0 Å². The van der Waals surface area contributed by atoms with E-state index in [1.807, 2.05) is 24.6 Å². The summed E-state index contributed by atoms with van der Waals surface area (Å²) in [6.45, 7) is 0. The highest BCUT2D eigenvalue weighted by atomic mass is 32.1. The summed E-state index contributed by atoms with van der Waals surface area (Å²) in [6.07, 6.45) is 10.6. The normalized spacial score (nSPS) is 37.3. The standard InChI is InChI=1S/C18H23NOS/c1-19(17(20)5-4-16-3-2-6-21-16)18-14-8-12-7-13(10-14)11-15(18)9-12/h2-6,12-15,18H,7-11H2,1H3/b5-4+. The minimum atomic E-state index is 0.181. The molecule has 5 rings (SSSR count). The molecule has 1 aromatic rings. The van der Waals surface area contributed by atoms with Crippen molar-refractivity contribution in [3.05, 3.63) is 28.5 Å². The predicted molar refractivity (Wildman–Crippen MR) is 87.0 cm³/mol. The van der Waals surface area contributed by atoms with Crippen LogP contribution in [0, 0.1) is 23.7 Å². The van der Waals surface area contributed by atoms with Crippen LogP contribution in [0.5, 0.6) is 0 Å². The highest BCUT2D eigenvalue weighted by Gasteiger charge is 2.50. The molecule has 4 saturated carbocycles. The zero-order valence-corrected chi connectivity index (χ0v) is 13.4. The van der Waals surface area contributed by atoms with Gasteiger partial charge in [-0.05, 0) is 73.3 Å². The number of hydrogen-bond acceptors (Lipinski definition) is 2. The first-order valence-electron chi connectivity index (χ1n) is 8.19. The van der Waals surface area contributed by atoms with E-state index in [-0.39, 0.29) is 5.91 Å². The van der Waals surface area contributed by atoms with E-state index in [9.17, 15) is 4.79 Å². The average Bonchev–Trinajstić information content (AvgIpc) is 2.96. The van der Waals surface area contributed by atoms with Crippen molar-refractivity contribution in [3.63, 3.8) is 0 Å². The average molecular weight is 301 g/mol. The second kappa shape index (κ2) is 5.28. The van der Waals surface area contributed by atoms with Gasteiger partial charge < -0.3 is 4.90 Å². The van der Waals surface area contributed by atoms with Gasteiger partial charge in [0.25, 0.3) is 0 Å². The predicted octanol–water partition coefficient (Wildman–Crippen LogP) is 4.04. The van der Waals surface area contributed by atoms with E-state index >= 15 is 0 Å². The minimum absolute atomic E-state index is 0.181. The maximum atomic E-state index is 12.5. The first-order chi connectivity index (χ1) is 10.2. The quantitative estimate of drug-likeness (QED) is 0.771. The molecule has 2 nitrogen and oxygen atoms in total. The summed E-state index contributed by atoms with van der Waals surface area (Å²) in [6, 6.07) is 4.58. The summed E-state index contributed by atoms with van der Waals surface area (Å²) in [4.78, 5) is 15.7. The van der Waals surface area contributed by atoms with Crippen LogP contribution < -0.4 is 0 Å². The van der Waals surface area contributed by atoms with Gasteiger partial charge >= 0.3 is 0 Å². The van der Waals surface area contributed by atoms with Crippen LogP contribution in [0.4, 0.5) is 0 Å². The molecule has 21 heavy (non-hydrogen) atoms. The number of carbonyl (C=O) groups is 1. The molecule has 0 spiro atoms. The van der Waals surface area contributed by atoms with Crippen molar-refractivity contribution in [1.29, 1.82) is 0 Å². The molecule has 0 radical (unpaired) electrons. The first-order valence-corrected chi connectivity index (χ1v) is 9.07. The van der Waals surface area contributed by atoms with Gasteiger partial charge in [0.1, 0.15) is 0 Å². The number of hydrogen-bond donors (Lipinski definition) is 0. The summed E-state index contributed by atoms with van der Waals surface area (Å²) in [5.74, 6) is 3.65. The van der Waals surface area contributed by atoms with Crippen LogP contribution in [0.2, 0.25) is 0 Å². The molecule has 0 saturated heterocycles. The largest absolute Gasteiger partial charge is 0.339 e. The second-order valence-corrected chi connectivity index (χ2v) is 8.20. The van der Waals surface area contributed by atoms with Crippen LogP contribution in [-0.4, -0.2) is 23.9 Å². The van der Waals surface area contributed by atoms with Gasteiger partial charge in [0.05, 0.1) is 0 Å². The lowest BCUT2D eigenvalue weighted by Gasteiger charge is -2.56. The van der Waals surface area contributed by atoms with Gasteiger partial charge in [-0.2, -0.15) is 0 Å². The Labute approximate surface area is 130 Å². The van der Waals surface area contributed by atoms with Crippen molar-refractivity contribution in [2.24, 2.45) is 23.7 Å². The van der Waals surface area contributed by atoms with Crippen molar-refractivity contribution in [2.45, 2.75) is 38.1 Å². The lowest BCUT2D eigenvalue weighted by molar-refractivity contribution is -0.135. The highest BCUT2D eigenvalue weighted by molar-refractivity contribution is 7.10. The van der Waals surface area contributed by atoms with Gasteiger partial charge in [-0.15, -0.1) is 11.3 Å². The van der Waals surface area contributed by atoms with Crippen molar-refractivity contribution >= 4 is 23.3 Å². The molecule has 1 aromatic heterocycles. The monoisotopic (exact) mass is 301 g/mol. The van der Waals surface area contributed by atoms with Crippen LogP contribution in [0.25, 0.3) is 6.08 Å². The van der Waals surface area contributed by atoms with Crippen molar-refractivity contribution in [3.8, 4) is 0 Å². The maximum absolute atomic E-state index is 12.5. The molecule has 0 aromatic carbocycles. The van der Waals surface area contributed by atoms with Gasteiger partial charge in [0.15, 0.2) is 0 Å². The van der Waals surface area contributed by atoms with Gasteiger partial charge in [0, 0.05) is 24.0 Å². The fourth-order valence-corrected chi connectivity index (χ4v) is 5.95. The highest BCUT2D eigenvalue weighted by Crippen LogP contribution is 2.54. The number of rotatable bonds is 3. The van der Waals surface area contributed by atoms with Crippen molar-refractivity contribution in [2.75, 3.05) is 7.05 Å². The molecule has 112 valence electrons. The smallest absolute Gasteiger partial charge is 0.246 e. The summed E-state index contributed by atoms with van der Waals surface area (Å²) in [7, 11) is 2.02. The number of amides is 1. The number of likely N-dealkylation sites (N-methyl/N-ethyl adjacent to an activating group) is 1. The molecule has 0 N–H and O–H groups in total. The second-order valence-electron chi connectivity index (χ2n) is 7.22. The van der Waals surface area contributed by atoms with E-state index < -0.39 is 0 Å². The summed E-state index contributed by atoms with van der Waals surface area (Å²) in [5.41, 5.74) is 0. The molecule has 4 aliphatic rings. The zero-order valence-electron chi connectivity index (χ0n) is 12.6. The fraction of sp³-hybridized carbons (Fsp3) is 0.611. The molecule has 3 heteroatoms. The summed E-state index contributed by atoms with van der Waals surface area (Å²) in [5, 5.41) is 2.05. The lowest BCUT2D eigenvalue weighted by Crippen LogP contribution is -2.56. The molecule has 4 bridgehead atoms. The van der Waals surface area contributed by atoms with E-state index in [0.29, 0.717) is 6.04 Å². The van der Waals surface area contributed by atoms with Gasteiger partial charge in [-0.1, -0.05) is 6.07 Å². The van der Waals surface area contributed by atoms with Crippen LogP contribution in [0.3, 0.4) is 0 Å². The van der Waals surface area contributed by atoms with Crippen molar-refractivity contribution < 1.29 is 4.79 Å². The van der Waals surface area contributed by atoms with Gasteiger partial charge in [-0.3, -0.25) is 4.79 Å². The van der Waals surface area contributed by atoms with Gasteiger partial charge in [-0.25, -0.2) is 0 Å². The Hall–Kier alpha value is -1.09. The lowest BCUT2D eigenvalue weighted by atomic mass is 9.54. The van der Waals surface area contributed by atoms with E-state index in [1.165, 1.54) is 32.1 Å². The van der Waals surface area contributed by atoms with Crippen molar-refractivity contribution in [1.82, 2.24) is 4.90 Å². The number of nitrogens with zero attached hydrogens (tertiary/aromatic N) is 1. The molecule has 0 atom stereocenters. The Bertz CT molecular complexity index is 520. The topological polar surface area (TPSA) is 20.3 Å². The molecule has 4 fully saturated rings.